The first kappa shape index (κ1) is 103. The molecular weight excluding hydrogens is 1860 g/mol. The molecule has 0 saturated carbocycles. The van der Waals surface area contributed by atoms with Gasteiger partial charge >= 0.3 is 18.3 Å². The number of rotatable bonds is 30. The summed E-state index contributed by atoms with van der Waals surface area (Å²) in [6.07, 6.45) is 12.2. The summed E-state index contributed by atoms with van der Waals surface area (Å²) in [7, 11) is 6.14. The summed E-state index contributed by atoms with van der Waals surface area (Å²) in [6.45, 7) is 6.97. The highest BCUT2D eigenvalue weighted by molar-refractivity contribution is 6.00. The lowest BCUT2D eigenvalue weighted by molar-refractivity contribution is -0.143. The lowest BCUT2D eigenvalue weighted by atomic mass is 9.86. The minimum Gasteiger partial charge on any atom is -0.445 e. The molecular formula is C117H132N14O16. The number of fused-ring (bicyclic) bond motifs is 14. The number of ether oxygens (including phenoxy) is 4. The van der Waals surface area contributed by atoms with Crippen molar-refractivity contribution in [2.75, 3.05) is 28.3 Å². The van der Waals surface area contributed by atoms with E-state index in [1.165, 1.54) is 52.5 Å². The second kappa shape index (κ2) is 47.3. The number of benzene rings is 9. The van der Waals surface area contributed by atoms with Crippen LogP contribution >= 0.6 is 0 Å². The number of hydrogen-bond acceptors (Lipinski definition) is 16. The molecule has 0 radical (unpaired) electrons. The molecule has 9 N–H and O–H groups in total. The van der Waals surface area contributed by atoms with Gasteiger partial charge in [0.05, 0.1) is 42.4 Å². The third kappa shape index (κ3) is 23.8. The largest absolute Gasteiger partial charge is 0.445 e. The van der Waals surface area contributed by atoms with Gasteiger partial charge in [-0.1, -0.05) is 218 Å². The Morgan fingerprint density at radius 1 is 0.395 bits per heavy atom. The highest BCUT2D eigenvalue weighted by Gasteiger charge is 2.51. The molecule has 2 saturated heterocycles. The number of aromatic amines is 3. The molecule has 0 spiro atoms. The SMILES string of the molecule is COC(C)CCC(CC(=O)[C@H](Cc1c[nH]c2ccccc12)NC(=O)[C@H](C)N(C)C(=O)OCc1ccccc1)C(=O)N[C@@H]1CCCc2ccccc21.C[C@@H](C(=O)N[C@H]1Cc2c([nH]c3ccccc23)[C@H]2CC[C@@H](C(=O)N[C@@H]3CCCc4ccccc43)N2C1=O)N(C)C(=O)OCc1ccccc1.C[C@@H](C(=O)N[C@H]1Cc2c([nH]c3ccccc23)[C@H]2CC[C@H](C(=O)N[C@@H]3CCCc4ccccc43)N2C1=O)N(C)C(=O)OCc1ccccc1. The zero-order chi connectivity index (χ0) is 103. The number of nitrogens with one attached hydrogen (secondary N) is 9. The average Bonchev–Trinajstić information content (AvgIpc) is 1.59. The predicted molar refractivity (Wildman–Crippen MR) is 558 cm³/mol. The first-order valence-corrected chi connectivity index (χ1v) is 51.5. The van der Waals surface area contributed by atoms with Gasteiger partial charge in [-0.2, -0.15) is 0 Å². The van der Waals surface area contributed by atoms with Gasteiger partial charge in [0.25, 0.3) is 0 Å². The minimum atomic E-state index is -0.946. The second-order valence-corrected chi connectivity index (χ2v) is 39.9. The van der Waals surface area contributed by atoms with Crippen LogP contribution in [0, 0.1) is 5.92 Å². The molecule has 0 bridgehead atoms. The highest BCUT2D eigenvalue weighted by Crippen LogP contribution is 2.46. The number of nitrogens with zero attached hydrogens (tertiary/aromatic N) is 5. The van der Waals surface area contributed by atoms with Crippen molar-refractivity contribution in [1.29, 1.82) is 0 Å². The molecule has 11 amide bonds. The molecule has 15 atom stereocenters. The molecule has 7 heterocycles. The molecule has 2 fully saturated rings. The van der Waals surface area contributed by atoms with Gasteiger partial charge in [0.1, 0.15) is 62.1 Å². The number of carbonyl (C=O) groups is 12. The third-order valence-corrected chi connectivity index (χ3v) is 30.7. The molecule has 19 rings (SSSR count). The summed E-state index contributed by atoms with van der Waals surface area (Å²) < 4.78 is 21.8. The predicted octanol–water partition coefficient (Wildman–Crippen LogP) is 16.6. The zero-order valence-electron chi connectivity index (χ0n) is 84.6. The van der Waals surface area contributed by atoms with E-state index in [9.17, 15) is 57.5 Å². The van der Waals surface area contributed by atoms with E-state index in [4.69, 9.17) is 18.9 Å². The van der Waals surface area contributed by atoms with Crippen molar-refractivity contribution < 1.29 is 76.5 Å². The van der Waals surface area contributed by atoms with Crippen LogP contribution < -0.4 is 31.9 Å². The molecule has 9 aromatic carbocycles. The van der Waals surface area contributed by atoms with Crippen molar-refractivity contribution in [2.45, 2.75) is 254 Å². The number of methoxy groups -OCH3 is 1. The molecule has 4 aliphatic heterocycles. The number of H-pyrrole nitrogens is 3. The second-order valence-electron chi connectivity index (χ2n) is 39.9. The number of likely N-dealkylation sites (N-methyl/N-ethyl adjacent to an activating group) is 3. The molecule has 147 heavy (non-hydrogen) atoms. The van der Waals surface area contributed by atoms with Crippen LogP contribution in [0.15, 0.2) is 243 Å². The summed E-state index contributed by atoms with van der Waals surface area (Å²) in [5.41, 5.74) is 17.0. The van der Waals surface area contributed by atoms with Gasteiger partial charge in [-0.3, -0.25) is 57.9 Å². The first-order valence-electron chi connectivity index (χ1n) is 51.5. The summed E-state index contributed by atoms with van der Waals surface area (Å²) in [4.78, 5) is 182. The molecule has 3 aromatic heterocycles. The van der Waals surface area contributed by atoms with Gasteiger partial charge in [-0.25, -0.2) is 14.4 Å². The van der Waals surface area contributed by atoms with Gasteiger partial charge in [0, 0.05) is 110 Å². The van der Waals surface area contributed by atoms with Crippen molar-refractivity contribution in [3.05, 3.63) is 321 Å². The van der Waals surface area contributed by atoms with Crippen LogP contribution in [0.25, 0.3) is 32.7 Å². The minimum absolute atomic E-state index is 0.0622. The Labute approximate surface area is 856 Å². The van der Waals surface area contributed by atoms with Gasteiger partial charge in [-0.05, 0) is 209 Å². The van der Waals surface area contributed by atoms with E-state index in [0.29, 0.717) is 38.5 Å². The number of amides is 11. The van der Waals surface area contributed by atoms with Gasteiger partial charge in [0.15, 0.2) is 5.78 Å². The Bertz CT molecular complexity index is 6500. The molecule has 7 aliphatic rings. The standard InChI is InChI=1S/C41H50N4O6.2C38H41N5O5/c1-27(50-4)21-22-31(40(48)43-36-20-12-16-30-15-8-9-17-33(30)36)24-38(46)37(23-32-25-42-35-19-11-10-18-34(32)35)44-39(47)28(2)45(3)41(49)51-26-29-13-6-5-7-14-29;2*1-23(42(2)38(47)48-22-24-11-4-3-5-12-24)35(44)41-31-21-28-27-16-8-9-17-30(27)39-34(28)32-19-20-33(43(32)37(31)46)36(45)40-29-18-10-14-25-13-6-7-15-26(25)29/h5-11,13-15,17-19,25,27-28,31,36-37,42H,12,16,20-24,26H2,1-4H3,(H,43,48)(H,44,47);2*3-9,11-13,15-17,23,29,31-33,39H,10,14,18-22H2,1-2H3,(H,40,45)(H,41,44)/t27?,28-,31?,36+,37-;23-,29+,31-,32+,33+;23-,29+,31-,32+,33-/m000/s1. The van der Waals surface area contributed by atoms with Crippen LogP contribution in [0.4, 0.5) is 14.4 Å². The van der Waals surface area contributed by atoms with Crippen molar-refractivity contribution in [3.63, 3.8) is 0 Å². The van der Waals surface area contributed by atoms with E-state index in [-0.39, 0.29) is 117 Å². The van der Waals surface area contributed by atoms with Crippen LogP contribution in [0.2, 0.25) is 0 Å². The van der Waals surface area contributed by atoms with E-state index in [1.54, 1.807) is 37.7 Å². The van der Waals surface area contributed by atoms with Crippen LogP contribution in [-0.4, -0.2) is 193 Å². The average molecular weight is 1990 g/mol. The summed E-state index contributed by atoms with van der Waals surface area (Å²) in [5, 5.41) is 21.6. The van der Waals surface area contributed by atoms with Gasteiger partial charge in [0.2, 0.25) is 47.3 Å². The fourth-order valence-corrected chi connectivity index (χ4v) is 21.8. The fourth-order valence-electron chi connectivity index (χ4n) is 21.8. The first-order chi connectivity index (χ1) is 71.2. The smallest absolute Gasteiger partial charge is 0.410 e. The summed E-state index contributed by atoms with van der Waals surface area (Å²) in [6, 6.07) is 68.2. The van der Waals surface area contributed by atoms with Crippen LogP contribution in [0.3, 0.4) is 0 Å². The molecule has 766 valence electrons. The Hall–Kier alpha value is -15.2. The maximum atomic E-state index is 14.5. The monoisotopic (exact) mass is 1990 g/mol. The number of aryl methyl sites for hydroxylation is 3. The molecule has 30 nitrogen and oxygen atoms in total. The van der Waals surface area contributed by atoms with Crippen molar-refractivity contribution in [2.24, 2.45) is 5.92 Å². The zero-order valence-corrected chi connectivity index (χ0v) is 84.6. The fraction of sp³-hybridized carbons (Fsp3) is 0.385. The topological polar surface area (TPSA) is 378 Å². The van der Waals surface area contributed by atoms with Gasteiger partial charge in [-0.15, -0.1) is 0 Å². The Morgan fingerprint density at radius 3 is 1.17 bits per heavy atom. The third-order valence-electron chi connectivity index (χ3n) is 30.7. The van der Waals surface area contributed by atoms with Crippen molar-refractivity contribution in [1.82, 2.24) is 71.4 Å². The number of hydrogen-bond donors (Lipinski definition) is 9. The molecule has 12 aromatic rings. The Kier molecular flexibility index (Phi) is 33.2. The highest BCUT2D eigenvalue weighted by atomic mass is 16.6. The Balaban J connectivity index is 0.000000151. The number of para-hydroxylation sites is 3. The summed E-state index contributed by atoms with van der Waals surface area (Å²) in [5.74, 6) is -3.48. The van der Waals surface area contributed by atoms with E-state index < -0.39 is 90.3 Å². The molecule has 2 unspecified atom stereocenters. The number of ketones is 1. The molecule has 30 heteroatoms. The number of Topliss-reactive ketones (excluding diaryl/α,β-unsaturated/α-hetero) is 1. The van der Waals surface area contributed by atoms with E-state index >= 15 is 0 Å². The quantitative estimate of drug-likeness (QED) is 0.0189. The van der Waals surface area contributed by atoms with Gasteiger partial charge < -0.3 is 75.6 Å². The maximum absolute atomic E-state index is 14.5. The van der Waals surface area contributed by atoms with Crippen LogP contribution in [0.5, 0.6) is 0 Å². The maximum Gasteiger partial charge on any atom is 0.410 e. The normalized spacial score (nSPS) is 20.1. The van der Waals surface area contributed by atoms with E-state index in [2.05, 4.69) is 83.3 Å². The van der Waals surface area contributed by atoms with Crippen LogP contribution in [-0.2, 0) is 120 Å². The molecule has 3 aliphatic carbocycles. The van der Waals surface area contributed by atoms with Crippen molar-refractivity contribution in [3.8, 4) is 0 Å². The van der Waals surface area contributed by atoms with E-state index in [0.717, 1.165) is 152 Å². The number of aromatic nitrogens is 3. The lowest BCUT2D eigenvalue weighted by Gasteiger charge is -2.33. The van der Waals surface area contributed by atoms with E-state index in [1.807, 2.05) is 213 Å². The van der Waals surface area contributed by atoms with Crippen molar-refractivity contribution >= 4 is 104 Å². The lowest BCUT2D eigenvalue weighted by Crippen LogP contribution is -2.56. The summed E-state index contributed by atoms with van der Waals surface area (Å²) >= 11 is 0. The van der Waals surface area contributed by atoms with Crippen LogP contribution in [0.1, 0.15) is 220 Å². The number of carbonyl (C=O) groups excluding carboxylic acids is 12. The Morgan fingerprint density at radius 2 is 0.755 bits per heavy atom.